The van der Waals surface area contributed by atoms with Gasteiger partial charge in [-0.05, 0) is 60.6 Å². The second-order valence-electron chi connectivity index (χ2n) is 11.2. The number of Topliss-reactive ketones (excluding diaryl/α,β-unsaturated/α-hetero) is 1. The monoisotopic (exact) mass is 449 g/mol. The Bertz CT molecular complexity index is 971. The Morgan fingerprint density at radius 2 is 1.85 bits per heavy atom. The lowest BCUT2D eigenvalue weighted by Crippen LogP contribution is -2.46. The van der Waals surface area contributed by atoms with Crippen molar-refractivity contribution in [3.8, 4) is 5.75 Å². The summed E-state index contributed by atoms with van der Waals surface area (Å²) in [6.07, 6.45) is 11.9. The molecular formula is C28H35NO4. The molecule has 0 spiro atoms. The predicted octanol–water partition coefficient (Wildman–Crippen LogP) is 4.04. The van der Waals surface area contributed by atoms with Gasteiger partial charge in [-0.25, -0.2) is 0 Å². The zero-order chi connectivity index (χ0) is 22.7. The lowest BCUT2D eigenvalue weighted by molar-refractivity contribution is -0.138. The third-order valence-corrected chi connectivity index (χ3v) is 9.27. The number of fused-ring (bicyclic) bond motifs is 4. The Kier molecular flexibility index (Phi) is 5.17. The van der Waals surface area contributed by atoms with Crippen LogP contribution in [0.1, 0.15) is 57.4 Å². The number of rotatable bonds is 2. The minimum atomic E-state index is -1.37. The molecule has 4 bridgehead atoms. The molecule has 176 valence electrons. The Morgan fingerprint density at radius 1 is 1.09 bits per heavy atom. The average molecular weight is 450 g/mol. The molecule has 0 radical (unpaired) electrons. The molecule has 3 heterocycles. The third-order valence-electron chi connectivity index (χ3n) is 9.27. The van der Waals surface area contributed by atoms with Gasteiger partial charge < -0.3 is 15.2 Å². The molecule has 3 fully saturated rings. The van der Waals surface area contributed by atoms with Crippen LogP contribution in [-0.4, -0.2) is 28.6 Å². The standard InChI is InChI=1S/C28H35NO4/c1-2-5-17-10-13-20-19-6-3-4-7-21(19)26-24(20)23(17)25(30)22-15-28(32,29-27(22)31)14-16-8-11-18(33-26)12-9-16/h8-13,17,19-24,26,32H,2-7,14-15H2,1H3,(H,29,31)/t17-,19-,20-,21+,22-,23-,24-,26-,28+/m0/s1. The van der Waals surface area contributed by atoms with E-state index in [0.717, 1.165) is 30.6 Å². The van der Waals surface area contributed by atoms with Gasteiger partial charge in [-0.2, -0.15) is 0 Å². The van der Waals surface area contributed by atoms with E-state index in [1.165, 1.54) is 19.3 Å². The van der Waals surface area contributed by atoms with Gasteiger partial charge >= 0.3 is 0 Å². The number of allylic oxidation sites excluding steroid dienone is 2. The normalized spacial score (nSPS) is 43.6. The number of benzene rings is 1. The highest BCUT2D eigenvalue weighted by molar-refractivity contribution is 6.04. The van der Waals surface area contributed by atoms with Gasteiger partial charge in [-0.1, -0.05) is 50.5 Å². The van der Waals surface area contributed by atoms with Gasteiger partial charge in [0.15, 0.2) is 0 Å². The van der Waals surface area contributed by atoms with E-state index in [1.807, 2.05) is 24.3 Å². The van der Waals surface area contributed by atoms with Crippen LogP contribution in [0.3, 0.4) is 0 Å². The quantitative estimate of drug-likeness (QED) is 0.528. The van der Waals surface area contributed by atoms with Crippen LogP contribution in [0.25, 0.3) is 0 Å². The number of hydrogen-bond acceptors (Lipinski definition) is 4. The highest BCUT2D eigenvalue weighted by Gasteiger charge is 2.59. The summed E-state index contributed by atoms with van der Waals surface area (Å²) in [5, 5.41) is 14.0. The Hall–Kier alpha value is -2.14. The third kappa shape index (κ3) is 3.46. The summed E-state index contributed by atoms with van der Waals surface area (Å²) < 4.78 is 6.77. The van der Waals surface area contributed by atoms with E-state index in [1.54, 1.807) is 0 Å². The highest BCUT2D eigenvalue weighted by atomic mass is 16.5. The predicted molar refractivity (Wildman–Crippen MR) is 124 cm³/mol. The summed E-state index contributed by atoms with van der Waals surface area (Å²) >= 11 is 0. The van der Waals surface area contributed by atoms with E-state index in [-0.39, 0.29) is 42.0 Å². The molecular weight excluding hydrogens is 414 g/mol. The Balaban J connectivity index is 1.49. The molecule has 3 aliphatic carbocycles. The summed E-state index contributed by atoms with van der Waals surface area (Å²) in [5.41, 5.74) is -0.443. The van der Waals surface area contributed by atoms with E-state index in [0.29, 0.717) is 24.2 Å². The van der Waals surface area contributed by atoms with Crippen molar-refractivity contribution in [2.45, 2.75) is 70.1 Å². The van der Waals surface area contributed by atoms with Crippen molar-refractivity contribution in [3.63, 3.8) is 0 Å². The Morgan fingerprint density at radius 3 is 2.61 bits per heavy atom. The SMILES string of the molecule is CCC[C@H]1C=C[C@H]2[C@@H]3CCCC[C@H]3[C@@H]3Oc4ccc(cc4)C[C@@]4(O)C[C@H](C(=O)N4)C(=O)[C@@H]1[C@H]23. The number of ether oxygens (including phenoxy) is 1. The number of ketones is 1. The molecule has 33 heavy (non-hydrogen) atoms. The van der Waals surface area contributed by atoms with Gasteiger partial charge in [0.25, 0.3) is 0 Å². The summed E-state index contributed by atoms with van der Waals surface area (Å²) in [5.74, 6) is 1.09. The summed E-state index contributed by atoms with van der Waals surface area (Å²) in [6.45, 7) is 2.16. The average Bonchev–Trinajstić information content (AvgIpc) is 3.28. The van der Waals surface area contributed by atoms with Crippen LogP contribution in [0.4, 0.5) is 0 Å². The number of carbonyl (C=O) groups is 2. The van der Waals surface area contributed by atoms with Gasteiger partial charge in [0.2, 0.25) is 5.91 Å². The number of nitrogens with one attached hydrogen (secondary N) is 1. The van der Waals surface area contributed by atoms with Crippen LogP contribution in [0.15, 0.2) is 36.4 Å². The molecule has 1 amide bonds. The molecule has 6 aliphatic rings. The lowest BCUT2D eigenvalue weighted by Gasteiger charge is -2.39. The smallest absolute Gasteiger partial charge is 0.232 e. The van der Waals surface area contributed by atoms with E-state index in [4.69, 9.17) is 4.74 Å². The second-order valence-corrected chi connectivity index (χ2v) is 11.2. The highest BCUT2D eigenvalue weighted by Crippen LogP contribution is 2.57. The summed E-state index contributed by atoms with van der Waals surface area (Å²) in [4.78, 5) is 27.2. The van der Waals surface area contributed by atoms with E-state index in [2.05, 4.69) is 24.4 Å². The first-order valence-corrected chi connectivity index (χ1v) is 13.0. The van der Waals surface area contributed by atoms with Crippen molar-refractivity contribution < 1.29 is 19.4 Å². The van der Waals surface area contributed by atoms with Gasteiger partial charge in [0.1, 0.15) is 29.3 Å². The maximum Gasteiger partial charge on any atom is 0.232 e. The van der Waals surface area contributed by atoms with E-state index < -0.39 is 11.6 Å². The molecule has 1 aromatic carbocycles. The molecule has 9 atom stereocenters. The van der Waals surface area contributed by atoms with Gasteiger partial charge in [0, 0.05) is 24.7 Å². The van der Waals surface area contributed by atoms with Crippen molar-refractivity contribution in [1.82, 2.24) is 5.32 Å². The molecule has 5 nitrogen and oxygen atoms in total. The molecule has 0 aromatic heterocycles. The zero-order valence-corrected chi connectivity index (χ0v) is 19.4. The number of aliphatic hydroxyl groups is 1. The molecule has 7 rings (SSSR count). The van der Waals surface area contributed by atoms with Gasteiger partial charge in [-0.3, -0.25) is 9.59 Å². The van der Waals surface area contributed by atoms with Crippen LogP contribution in [0.2, 0.25) is 0 Å². The summed E-state index contributed by atoms with van der Waals surface area (Å²) in [7, 11) is 0. The largest absolute Gasteiger partial charge is 0.490 e. The first-order valence-electron chi connectivity index (χ1n) is 13.0. The molecule has 2 saturated carbocycles. The maximum atomic E-state index is 14.2. The van der Waals surface area contributed by atoms with Crippen molar-refractivity contribution >= 4 is 11.7 Å². The molecule has 1 aromatic rings. The topological polar surface area (TPSA) is 75.6 Å². The van der Waals surface area contributed by atoms with Crippen molar-refractivity contribution in [3.05, 3.63) is 42.0 Å². The molecule has 5 heteroatoms. The van der Waals surface area contributed by atoms with E-state index in [9.17, 15) is 14.7 Å². The van der Waals surface area contributed by atoms with E-state index >= 15 is 0 Å². The number of hydrogen-bond donors (Lipinski definition) is 2. The lowest BCUT2D eigenvalue weighted by atomic mass is 9.64. The minimum absolute atomic E-state index is 0.00601. The van der Waals surface area contributed by atoms with Crippen LogP contribution in [0.5, 0.6) is 5.75 Å². The first-order chi connectivity index (χ1) is 16.0. The minimum Gasteiger partial charge on any atom is -0.490 e. The van der Waals surface area contributed by atoms with Crippen LogP contribution in [0, 0.1) is 41.4 Å². The number of carbonyl (C=O) groups excluding carboxylic acids is 2. The fourth-order valence-electron chi connectivity index (χ4n) is 7.99. The van der Waals surface area contributed by atoms with Crippen molar-refractivity contribution in [2.75, 3.05) is 0 Å². The first kappa shape index (κ1) is 21.4. The summed E-state index contributed by atoms with van der Waals surface area (Å²) in [6, 6.07) is 7.95. The maximum absolute atomic E-state index is 14.2. The molecule has 1 saturated heterocycles. The number of amides is 1. The molecule has 0 unspecified atom stereocenters. The van der Waals surface area contributed by atoms with Crippen molar-refractivity contribution in [2.24, 2.45) is 41.4 Å². The Labute approximate surface area is 196 Å². The van der Waals surface area contributed by atoms with Gasteiger partial charge in [-0.15, -0.1) is 0 Å². The fraction of sp³-hybridized carbons (Fsp3) is 0.643. The molecule has 2 N–H and O–H groups in total. The zero-order valence-electron chi connectivity index (χ0n) is 19.4. The molecule has 3 aliphatic heterocycles. The van der Waals surface area contributed by atoms with Gasteiger partial charge in [0.05, 0.1) is 0 Å². The van der Waals surface area contributed by atoms with Crippen LogP contribution < -0.4 is 10.1 Å². The van der Waals surface area contributed by atoms with Crippen LogP contribution in [-0.2, 0) is 16.0 Å². The fourth-order valence-corrected chi connectivity index (χ4v) is 7.99. The van der Waals surface area contributed by atoms with Crippen LogP contribution >= 0.6 is 0 Å². The van der Waals surface area contributed by atoms with Crippen molar-refractivity contribution in [1.29, 1.82) is 0 Å². The second kappa shape index (κ2) is 7.97.